The zero-order valence-corrected chi connectivity index (χ0v) is 9.67. The summed E-state index contributed by atoms with van der Waals surface area (Å²) in [7, 11) is 0. The molecule has 0 aliphatic heterocycles. The summed E-state index contributed by atoms with van der Waals surface area (Å²) in [5.74, 6) is 0. The maximum absolute atomic E-state index is 2.24. The van der Waals surface area contributed by atoms with Gasteiger partial charge in [-0.25, -0.2) is 0 Å². The molecule has 0 aliphatic rings. The van der Waals surface area contributed by atoms with Crippen molar-refractivity contribution in [1.29, 1.82) is 0 Å². The molecule has 0 radical (unpaired) electrons. The Morgan fingerprint density at radius 2 is 1.64 bits per heavy atom. The molecule has 0 heterocycles. The van der Waals surface area contributed by atoms with Crippen molar-refractivity contribution < 1.29 is 0 Å². The molecule has 0 aromatic heterocycles. The Morgan fingerprint density at radius 3 is 2.07 bits per heavy atom. The lowest BCUT2D eigenvalue weighted by Gasteiger charge is -2.10. The maximum Gasteiger partial charge on any atom is -0.0200 e. The molecule has 0 saturated carbocycles. The normalized spacial score (nSPS) is 12.3. The van der Waals surface area contributed by atoms with E-state index in [0.717, 1.165) is 6.42 Å². The van der Waals surface area contributed by atoms with Crippen molar-refractivity contribution in [3.63, 3.8) is 0 Å². The molecule has 0 nitrogen and oxygen atoms in total. The van der Waals surface area contributed by atoms with Gasteiger partial charge in [-0.2, -0.15) is 0 Å². The van der Waals surface area contributed by atoms with E-state index >= 15 is 0 Å². The van der Waals surface area contributed by atoms with Gasteiger partial charge < -0.3 is 0 Å². The van der Waals surface area contributed by atoms with E-state index in [0.29, 0.717) is 0 Å². The van der Waals surface area contributed by atoms with E-state index in [1.165, 1.54) is 11.1 Å². The van der Waals surface area contributed by atoms with Crippen LogP contribution in [0.2, 0.25) is 0 Å². The van der Waals surface area contributed by atoms with Crippen LogP contribution in [0.5, 0.6) is 0 Å². The number of hydrogen-bond donors (Lipinski definition) is 0. The molecule has 76 valence electrons. The summed E-state index contributed by atoms with van der Waals surface area (Å²) in [6.45, 7) is 8.82. The van der Waals surface area contributed by atoms with Crippen LogP contribution in [0.3, 0.4) is 0 Å². The molecular formula is C14H20. The monoisotopic (exact) mass is 188 g/mol. The van der Waals surface area contributed by atoms with Crippen LogP contribution in [0.15, 0.2) is 30.3 Å². The summed E-state index contributed by atoms with van der Waals surface area (Å²) in [4.78, 5) is 0. The summed E-state index contributed by atoms with van der Waals surface area (Å²) in [6.07, 6.45) is 5.55. The molecule has 0 atom stereocenters. The molecule has 0 heteroatoms. The van der Waals surface area contributed by atoms with Crippen LogP contribution in [0.25, 0.3) is 6.08 Å². The third-order valence-electron chi connectivity index (χ3n) is 2.16. The first-order chi connectivity index (χ1) is 6.51. The number of rotatable bonds is 2. The smallest absolute Gasteiger partial charge is 0.0200 e. The van der Waals surface area contributed by atoms with Crippen LogP contribution in [0.4, 0.5) is 0 Å². The molecule has 0 unspecified atom stereocenters. The predicted octanol–water partition coefficient (Wildman–Crippen LogP) is 4.31. The Kier molecular flexibility index (Phi) is 3.51. The lowest BCUT2D eigenvalue weighted by atomic mass is 9.95. The molecule has 0 bridgehead atoms. The topological polar surface area (TPSA) is 0 Å². The standard InChI is InChI=1S/C14H20/c1-5-12-6-8-13(9-7-12)10-11-14(2,3)4/h6-11H,5H2,1-4H3. The van der Waals surface area contributed by atoms with E-state index in [1.54, 1.807) is 0 Å². The summed E-state index contributed by atoms with van der Waals surface area (Å²) in [5, 5.41) is 0. The Morgan fingerprint density at radius 1 is 1.07 bits per heavy atom. The Hall–Kier alpha value is -1.04. The van der Waals surface area contributed by atoms with Crippen LogP contribution in [0, 0.1) is 5.41 Å². The van der Waals surface area contributed by atoms with Gasteiger partial charge in [0.1, 0.15) is 0 Å². The van der Waals surface area contributed by atoms with Crippen molar-refractivity contribution in [3.05, 3.63) is 41.5 Å². The van der Waals surface area contributed by atoms with E-state index in [-0.39, 0.29) is 5.41 Å². The average molecular weight is 188 g/mol. The van der Waals surface area contributed by atoms with E-state index < -0.39 is 0 Å². The zero-order chi connectivity index (χ0) is 10.6. The first kappa shape index (κ1) is 11.0. The summed E-state index contributed by atoms with van der Waals surface area (Å²) < 4.78 is 0. The summed E-state index contributed by atoms with van der Waals surface area (Å²) >= 11 is 0. The van der Waals surface area contributed by atoms with Crippen LogP contribution in [-0.4, -0.2) is 0 Å². The highest BCUT2D eigenvalue weighted by Gasteiger charge is 2.02. The molecule has 14 heavy (non-hydrogen) atoms. The molecule has 0 N–H and O–H groups in total. The van der Waals surface area contributed by atoms with Gasteiger partial charge in [0.15, 0.2) is 0 Å². The largest absolute Gasteiger partial charge is 0.0785 e. The van der Waals surface area contributed by atoms with Gasteiger partial charge in [0.05, 0.1) is 0 Å². The first-order valence-corrected chi connectivity index (χ1v) is 5.29. The SMILES string of the molecule is CCc1ccc(C=CC(C)(C)C)cc1. The highest BCUT2D eigenvalue weighted by Crippen LogP contribution is 2.17. The second-order valence-corrected chi connectivity index (χ2v) is 4.79. The van der Waals surface area contributed by atoms with Gasteiger partial charge in [0.2, 0.25) is 0 Å². The van der Waals surface area contributed by atoms with Crippen molar-refractivity contribution in [3.8, 4) is 0 Å². The van der Waals surface area contributed by atoms with Gasteiger partial charge >= 0.3 is 0 Å². The van der Waals surface area contributed by atoms with Crippen LogP contribution < -0.4 is 0 Å². The highest BCUT2D eigenvalue weighted by molar-refractivity contribution is 5.50. The Balaban J connectivity index is 2.74. The minimum atomic E-state index is 0.267. The van der Waals surface area contributed by atoms with Crippen LogP contribution in [-0.2, 0) is 6.42 Å². The van der Waals surface area contributed by atoms with Crippen LogP contribution in [0.1, 0.15) is 38.8 Å². The van der Waals surface area contributed by atoms with E-state index in [9.17, 15) is 0 Å². The molecule has 1 aromatic carbocycles. The minimum Gasteiger partial charge on any atom is -0.0785 e. The molecule has 0 amide bonds. The molecule has 0 aliphatic carbocycles. The third kappa shape index (κ3) is 3.78. The number of allylic oxidation sites excluding steroid dienone is 1. The van der Waals surface area contributed by atoms with Gasteiger partial charge in [-0.15, -0.1) is 0 Å². The van der Waals surface area contributed by atoms with Gasteiger partial charge in [0, 0.05) is 0 Å². The summed E-state index contributed by atoms with van der Waals surface area (Å²) in [5.41, 5.74) is 2.96. The molecule has 0 saturated heterocycles. The second kappa shape index (κ2) is 4.45. The van der Waals surface area contributed by atoms with Crippen molar-refractivity contribution >= 4 is 6.08 Å². The fourth-order valence-corrected chi connectivity index (χ4v) is 1.21. The summed E-state index contributed by atoms with van der Waals surface area (Å²) in [6, 6.07) is 8.76. The average Bonchev–Trinajstić information content (AvgIpc) is 2.14. The van der Waals surface area contributed by atoms with E-state index in [2.05, 4.69) is 64.1 Å². The van der Waals surface area contributed by atoms with E-state index in [4.69, 9.17) is 0 Å². The number of aryl methyl sites for hydroxylation is 1. The third-order valence-corrected chi connectivity index (χ3v) is 2.16. The number of benzene rings is 1. The quantitative estimate of drug-likeness (QED) is 0.649. The molecule has 1 aromatic rings. The molecule has 1 rings (SSSR count). The fourth-order valence-electron chi connectivity index (χ4n) is 1.21. The molecular weight excluding hydrogens is 168 g/mol. The van der Waals surface area contributed by atoms with Gasteiger partial charge in [-0.05, 0) is 23.0 Å². The Labute approximate surface area is 87.7 Å². The fraction of sp³-hybridized carbons (Fsp3) is 0.429. The van der Waals surface area contributed by atoms with Crippen LogP contribution >= 0.6 is 0 Å². The molecule has 0 spiro atoms. The second-order valence-electron chi connectivity index (χ2n) is 4.79. The maximum atomic E-state index is 2.24. The van der Waals surface area contributed by atoms with Gasteiger partial charge in [-0.1, -0.05) is 64.1 Å². The Bertz CT molecular complexity index is 296. The van der Waals surface area contributed by atoms with Gasteiger partial charge in [-0.3, -0.25) is 0 Å². The predicted molar refractivity (Wildman–Crippen MR) is 64.3 cm³/mol. The van der Waals surface area contributed by atoms with Crippen molar-refractivity contribution in [2.24, 2.45) is 5.41 Å². The van der Waals surface area contributed by atoms with Crippen molar-refractivity contribution in [1.82, 2.24) is 0 Å². The van der Waals surface area contributed by atoms with Crippen molar-refractivity contribution in [2.45, 2.75) is 34.1 Å². The minimum absolute atomic E-state index is 0.267. The number of hydrogen-bond acceptors (Lipinski definition) is 0. The van der Waals surface area contributed by atoms with Crippen molar-refractivity contribution in [2.75, 3.05) is 0 Å². The van der Waals surface area contributed by atoms with Gasteiger partial charge in [0.25, 0.3) is 0 Å². The lowest BCUT2D eigenvalue weighted by molar-refractivity contribution is 0.547. The van der Waals surface area contributed by atoms with E-state index in [1.807, 2.05) is 0 Å². The first-order valence-electron chi connectivity index (χ1n) is 5.29. The lowest BCUT2D eigenvalue weighted by Crippen LogP contribution is -1.97. The zero-order valence-electron chi connectivity index (χ0n) is 9.67. The molecule has 0 fully saturated rings. The highest BCUT2D eigenvalue weighted by atomic mass is 14.1.